The number of carbonyl (C=O) groups excluding carboxylic acids is 2. The Hall–Kier alpha value is -2.58. The van der Waals surface area contributed by atoms with Crippen molar-refractivity contribution in [2.45, 2.75) is 47.2 Å². The third kappa shape index (κ3) is 7.46. The third-order valence-electron chi connectivity index (χ3n) is 5.58. The first-order chi connectivity index (χ1) is 15.8. The van der Waals surface area contributed by atoms with Gasteiger partial charge in [0.15, 0.2) is 0 Å². The number of aryl methyl sites for hydroxylation is 2. The molecule has 0 heterocycles. The van der Waals surface area contributed by atoms with Crippen LogP contribution in [-0.4, -0.2) is 50.5 Å². The predicted octanol–water partition coefficient (Wildman–Crippen LogP) is 3.91. The second-order valence-electron chi connectivity index (χ2n) is 8.97. The summed E-state index contributed by atoms with van der Waals surface area (Å²) in [6, 6.07) is 11.6. The Morgan fingerprint density at radius 3 is 2.24 bits per heavy atom. The third-order valence-corrected chi connectivity index (χ3v) is 7.12. The van der Waals surface area contributed by atoms with Crippen LogP contribution in [0.4, 0.5) is 5.69 Å². The molecule has 0 spiro atoms. The van der Waals surface area contributed by atoms with Crippen LogP contribution in [-0.2, 0) is 26.2 Å². The van der Waals surface area contributed by atoms with E-state index in [1.807, 2.05) is 52.0 Å². The minimum atomic E-state index is -3.80. The van der Waals surface area contributed by atoms with Crippen molar-refractivity contribution < 1.29 is 18.0 Å². The highest BCUT2D eigenvalue weighted by Gasteiger charge is 2.30. The Kier molecular flexibility index (Phi) is 9.53. The average Bonchev–Trinajstić information content (AvgIpc) is 2.75. The first kappa shape index (κ1) is 27.7. The van der Waals surface area contributed by atoms with E-state index < -0.39 is 28.5 Å². The maximum Gasteiger partial charge on any atom is 0.244 e. The lowest BCUT2D eigenvalue weighted by atomic mass is 10.1. The number of hydrogen-bond acceptors (Lipinski definition) is 4. The summed E-state index contributed by atoms with van der Waals surface area (Å²) in [6.45, 7) is 9.56. The van der Waals surface area contributed by atoms with E-state index in [-0.39, 0.29) is 18.4 Å². The van der Waals surface area contributed by atoms with Gasteiger partial charge in [0, 0.05) is 18.1 Å². The van der Waals surface area contributed by atoms with E-state index in [0.717, 1.165) is 27.3 Å². The number of benzene rings is 2. The lowest BCUT2D eigenvalue weighted by Crippen LogP contribution is -2.51. The van der Waals surface area contributed by atoms with Gasteiger partial charge >= 0.3 is 0 Å². The lowest BCUT2D eigenvalue weighted by molar-refractivity contribution is -0.139. The lowest BCUT2D eigenvalue weighted by Gasteiger charge is -2.32. The number of amides is 2. The quantitative estimate of drug-likeness (QED) is 0.528. The smallest absolute Gasteiger partial charge is 0.244 e. The van der Waals surface area contributed by atoms with Gasteiger partial charge in [-0.2, -0.15) is 0 Å². The zero-order valence-electron chi connectivity index (χ0n) is 20.6. The first-order valence-electron chi connectivity index (χ1n) is 11.2. The van der Waals surface area contributed by atoms with Crippen LogP contribution in [0.1, 0.15) is 37.5 Å². The van der Waals surface area contributed by atoms with Crippen molar-refractivity contribution in [1.82, 2.24) is 10.2 Å². The molecule has 0 aromatic heterocycles. The highest BCUT2D eigenvalue weighted by molar-refractivity contribution is 7.92. The Bertz CT molecular complexity index is 1130. The number of sulfonamides is 1. The molecule has 2 aromatic rings. The van der Waals surface area contributed by atoms with E-state index >= 15 is 0 Å². The summed E-state index contributed by atoms with van der Waals surface area (Å²) in [5.41, 5.74) is 2.94. The van der Waals surface area contributed by atoms with Gasteiger partial charge in [0.05, 0.1) is 11.9 Å². The monoisotopic (exact) mass is 507 g/mol. The molecule has 2 aromatic carbocycles. The molecule has 0 aliphatic rings. The fourth-order valence-electron chi connectivity index (χ4n) is 3.36. The van der Waals surface area contributed by atoms with E-state index in [2.05, 4.69) is 5.32 Å². The van der Waals surface area contributed by atoms with Crippen LogP contribution in [0.15, 0.2) is 42.5 Å². The van der Waals surface area contributed by atoms with Gasteiger partial charge in [-0.25, -0.2) is 8.42 Å². The Balaban J connectivity index is 2.40. The minimum absolute atomic E-state index is 0.175. The molecular weight excluding hydrogens is 474 g/mol. The van der Waals surface area contributed by atoms with Gasteiger partial charge in [-0.15, -0.1) is 0 Å². The summed E-state index contributed by atoms with van der Waals surface area (Å²) < 4.78 is 26.2. The van der Waals surface area contributed by atoms with Crippen LogP contribution < -0.4 is 9.62 Å². The fraction of sp³-hybridized carbons (Fsp3) is 0.440. The van der Waals surface area contributed by atoms with Crippen LogP contribution in [0.3, 0.4) is 0 Å². The van der Waals surface area contributed by atoms with Crippen LogP contribution in [0.5, 0.6) is 0 Å². The van der Waals surface area contributed by atoms with Crippen molar-refractivity contribution in [3.05, 3.63) is 64.2 Å². The van der Waals surface area contributed by atoms with Gasteiger partial charge in [-0.05, 0) is 55.5 Å². The van der Waals surface area contributed by atoms with E-state index in [1.54, 1.807) is 19.1 Å². The fourth-order valence-corrected chi connectivity index (χ4v) is 4.37. The average molecular weight is 508 g/mol. The summed E-state index contributed by atoms with van der Waals surface area (Å²) in [4.78, 5) is 27.8. The molecule has 0 aliphatic heterocycles. The first-order valence-corrected chi connectivity index (χ1v) is 13.4. The molecule has 1 atom stereocenters. The highest BCUT2D eigenvalue weighted by Crippen LogP contribution is 2.25. The van der Waals surface area contributed by atoms with Crippen LogP contribution in [0.25, 0.3) is 0 Å². The second kappa shape index (κ2) is 11.7. The zero-order valence-corrected chi connectivity index (χ0v) is 22.2. The van der Waals surface area contributed by atoms with Gasteiger partial charge in [0.1, 0.15) is 12.6 Å². The Morgan fingerprint density at radius 2 is 1.68 bits per heavy atom. The number of carbonyl (C=O) groups is 2. The topological polar surface area (TPSA) is 86.8 Å². The molecule has 186 valence electrons. The summed E-state index contributed by atoms with van der Waals surface area (Å²) in [6.07, 6.45) is 1.04. The highest BCUT2D eigenvalue weighted by atomic mass is 35.5. The van der Waals surface area contributed by atoms with Gasteiger partial charge in [-0.3, -0.25) is 13.9 Å². The van der Waals surface area contributed by atoms with Crippen molar-refractivity contribution in [3.63, 3.8) is 0 Å². The van der Waals surface area contributed by atoms with Crippen molar-refractivity contribution in [2.24, 2.45) is 5.92 Å². The molecule has 0 saturated carbocycles. The molecule has 0 aliphatic carbocycles. The molecule has 7 nitrogen and oxygen atoms in total. The summed E-state index contributed by atoms with van der Waals surface area (Å²) >= 11 is 6.21. The number of rotatable bonds is 10. The van der Waals surface area contributed by atoms with Gasteiger partial charge < -0.3 is 10.2 Å². The molecule has 0 radical (unpaired) electrons. The van der Waals surface area contributed by atoms with E-state index in [4.69, 9.17) is 11.6 Å². The zero-order chi connectivity index (χ0) is 25.6. The molecule has 0 saturated heterocycles. The van der Waals surface area contributed by atoms with Crippen molar-refractivity contribution >= 4 is 39.1 Å². The summed E-state index contributed by atoms with van der Waals surface area (Å²) in [7, 11) is -3.80. The normalized spacial score (nSPS) is 12.4. The molecule has 2 rings (SSSR count). The molecule has 0 unspecified atom stereocenters. The SMILES string of the molecule is Cc1ccc(N(CC(=O)N(Cc2ccccc2C)[C@@H](C)C(=O)NCC(C)C)S(C)(=O)=O)cc1Cl. The maximum atomic E-state index is 13.5. The largest absolute Gasteiger partial charge is 0.354 e. The summed E-state index contributed by atoms with van der Waals surface area (Å²) in [5, 5.41) is 3.26. The maximum absolute atomic E-state index is 13.5. The predicted molar refractivity (Wildman–Crippen MR) is 137 cm³/mol. The molecule has 0 bridgehead atoms. The Labute approximate surface area is 208 Å². The number of halogens is 1. The Morgan fingerprint density at radius 1 is 1.03 bits per heavy atom. The molecule has 34 heavy (non-hydrogen) atoms. The molecule has 0 fully saturated rings. The van der Waals surface area contributed by atoms with E-state index in [0.29, 0.717) is 17.3 Å². The van der Waals surface area contributed by atoms with Gasteiger partial charge in [0.25, 0.3) is 0 Å². The van der Waals surface area contributed by atoms with Gasteiger partial charge in [0.2, 0.25) is 21.8 Å². The van der Waals surface area contributed by atoms with E-state index in [1.165, 1.54) is 11.0 Å². The number of anilines is 1. The number of hydrogen-bond donors (Lipinski definition) is 1. The molecular formula is C25H34ClN3O4S. The van der Waals surface area contributed by atoms with Gasteiger partial charge in [-0.1, -0.05) is 55.8 Å². The number of nitrogens with zero attached hydrogens (tertiary/aromatic N) is 2. The van der Waals surface area contributed by atoms with Crippen molar-refractivity contribution in [1.29, 1.82) is 0 Å². The molecule has 9 heteroatoms. The summed E-state index contributed by atoms with van der Waals surface area (Å²) in [5.74, 6) is -0.527. The van der Waals surface area contributed by atoms with Crippen molar-refractivity contribution in [2.75, 3.05) is 23.7 Å². The standard InChI is InChI=1S/C25H34ClN3O4S/c1-17(2)14-27-25(31)20(5)28(15-21-10-8-7-9-18(21)3)24(30)16-29(34(6,32)33)22-12-11-19(4)23(26)13-22/h7-13,17,20H,14-16H2,1-6H3,(H,27,31)/t20-/m0/s1. The molecule has 2 amide bonds. The minimum Gasteiger partial charge on any atom is -0.354 e. The molecule has 1 N–H and O–H groups in total. The van der Waals surface area contributed by atoms with E-state index in [9.17, 15) is 18.0 Å². The van der Waals surface area contributed by atoms with Crippen LogP contribution >= 0.6 is 11.6 Å². The van der Waals surface area contributed by atoms with Crippen LogP contribution in [0, 0.1) is 19.8 Å². The van der Waals surface area contributed by atoms with Crippen molar-refractivity contribution in [3.8, 4) is 0 Å². The van der Waals surface area contributed by atoms with Crippen LogP contribution in [0.2, 0.25) is 5.02 Å². The second-order valence-corrected chi connectivity index (χ2v) is 11.3. The number of nitrogens with one attached hydrogen (secondary N) is 1.